The Hall–Kier alpha value is -2.37. The van der Waals surface area contributed by atoms with E-state index in [2.05, 4.69) is 5.32 Å². The van der Waals surface area contributed by atoms with Gasteiger partial charge in [0.25, 0.3) is 0 Å². The van der Waals surface area contributed by atoms with Crippen LogP contribution in [0.15, 0.2) is 24.3 Å². The summed E-state index contributed by atoms with van der Waals surface area (Å²) in [6, 6.07) is 6.27. The van der Waals surface area contributed by atoms with Crippen molar-refractivity contribution >= 4 is 23.5 Å². The molecule has 1 saturated carbocycles. The summed E-state index contributed by atoms with van der Waals surface area (Å²) in [7, 11) is 0. The molecule has 0 aliphatic heterocycles. The molecule has 0 aromatic heterocycles. The molecule has 2 rings (SSSR count). The Morgan fingerprint density at radius 2 is 1.70 bits per heavy atom. The molecule has 106 valence electrons. The van der Waals surface area contributed by atoms with Gasteiger partial charge in [0, 0.05) is 17.2 Å². The van der Waals surface area contributed by atoms with E-state index < -0.39 is 17.8 Å². The van der Waals surface area contributed by atoms with Crippen LogP contribution in [-0.2, 0) is 9.59 Å². The van der Waals surface area contributed by atoms with Crippen molar-refractivity contribution in [3.63, 3.8) is 0 Å². The minimum absolute atomic E-state index is 0.180. The molecule has 1 aromatic carbocycles. The van der Waals surface area contributed by atoms with Crippen molar-refractivity contribution in [3.8, 4) is 0 Å². The SMILES string of the molecule is NC(=O)c1ccc(NC(=O)[C@@H]2CC[C@H](C(=O)O)C2)cc1. The lowest BCUT2D eigenvalue weighted by Gasteiger charge is -2.11. The molecule has 4 N–H and O–H groups in total. The van der Waals surface area contributed by atoms with Crippen molar-refractivity contribution in [1.29, 1.82) is 0 Å². The second kappa shape index (κ2) is 5.73. The van der Waals surface area contributed by atoms with E-state index >= 15 is 0 Å². The Bertz CT molecular complexity index is 539. The lowest BCUT2D eigenvalue weighted by molar-refractivity contribution is -0.141. The fourth-order valence-corrected chi connectivity index (χ4v) is 2.41. The average molecular weight is 276 g/mol. The molecule has 0 spiro atoms. The monoisotopic (exact) mass is 276 g/mol. The molecule has 0 radical (unpaired) electrons. The molecule has 6 heteroatoms. The predicted molar refractivity (Wildman–Crippen MR) is 72.1 cm³/mol. The van der Waals surface area contributed by atoms with Gasteiger partial charge < -0.3 is 16.2 Å². The molecule has 1 aromatic rings. The molecular formula is C14H16N2O4. The number of benzene rings is 1. The average Bonchev–Trinajstić information content (AvgIpc) is 2.89. The van der Waals surface area contributed by atoms with Crippen molar-refractivity contribution in [3.05, 3.63) is 29.8 Å². The number of nitrogens with two attached hydrogens (primary N) is 1. The summed E-state index contributed by atoms with van der Waals surface area (Å²) in [5.41, 5.74) is 6.06. The van der Waals surface area contributed by atoms with Crippen molar-refractivity contribution in [1.82, 2.24) is 0 Å². The number of carbonyl (C=O) groups excluding carboxylic acids is 2. The van der Waals surface area contributed by atoms with Gasteiger partial charge in [-0.15, -0.1) is 0 Å². The second-order valence-electron chi connectivity index (χ2n) is 4.98. The van der Waals surface area contributed by atoms with Crippen molar-refractivity contribution in [2.45, 2.75) is 19.3 Å². The first-order valence-corrected chi connectivity index (χ1v) is 6.41. The third kappa shape index (κ3) is 3.14. The van der Waals surface area contributed by atoms with Crippen LogP contribution < -0.4 is 11.1 Å². The molecule has 1 fully saturated rings. The van der Waals surface area contributed by atoms with Gasteiger partial charge in [0.05, 0.1) is 5.92 Å². The number of aliphatic carboxylic acids is 1. The molecule has 0 unspecified atom stereocenters. The largest absolute Gasteiger partial charge is 0.481 e. The molecule has 2 amide bonds. The molecule has 20 heavy (non-hydrogen) atoms. The summed E-state index contributed by atoms with van der Waals surface area (Å²) >= 11 is 0. The molecule has 0 saturated heterocycles. The van der Waals surface area contributed by atoms with E-state index in [1.54, 1.807) is 12.1 Å². The minimum atomic E-state index is -0.842. The highest BCUT2D eigenvalue weighted by Gasteiger charge is 2.33. The zero-order valence-electron chi connectivity index (χ0n) is 10.8. The van der Waals surface area contributed by atoms with Gasteiger partial charge in [-0.3, -0.25) is 14.4 Å². The number of hydrogen-bond donors (Lipinski definition) is 3. The third-order valence-electron chi connectivity index (χ3n) is 3.59. The first-order valence-electron chi connectivity index (χ1n) is 6.41. The van der Waals surface area contributed by atoms with Crippen molar-refractivity contribution in [2.24, 2.45) is 17.6 Å². The number of rotatable bonds is 4. The van der Waals surface area contributed by atoms with Gasteiger partial charge in [-0.25, -0.2) is 0 Å². The number of carboxylic acids is 1. The fraction of sp³-hybridized carbons (Fsp3) is 0.357. The Labute approximate surface area is 116 Å². The van der Waals surface area contributed by atoms with Gasteiger partial charge in [0.15, 0.2) is 0 Å². The van der Waals surface area contributed by atoms with Crippen LogP contribution in [0.4, 0.5) is 5.69 Å². The maximum absolute atomic E-state index is 12.0. The molecule has 1 aliphatic carbocycles. The first kappa shape index (κ1) is 14.0. The predicted octanol–water partition coefficient (Wildman–Crippen LogP) is 1.22. The van der Waals surface area contributed by atoms with Crippen LogP contribution in [-0.4, -0.2) is 22.9 Å². The highest BCUT2D eigenvalue weighted by atomic mass is 16.4. The van der Waals surface area contributed by atoms with Crippen LogP contribution in [0.2, 0.25) is 0 Å². The molecule has 0 bridgehead atoms. The summed E-state index contributed by atoms with van der Waals surface area (Å²) < 4.78 is 0. The normalized spacial score (nSPS) is 21.4. The van der Waals surface area contributed by atoms with E-state index in [9.17, 15) is 14.4 Å². The van der Waals surface area contributed by atoms with Crippen LogP contribution in [0, 0.1) is 11.8 Å². The first-order chi connectivity index (χ1) is 9.47. The van der Waals surface area contributed by atoms with E-state index in [0.717, 1.165) is 0 Å². The zero-order valence-corrected chi connectivity index (χ0v) is 10.8. The van der Waals surface area contributed by atoms with Gasteiger partial charge >= 0.3 is 5.97 Å². The summed E-state index contributed by atoms with van der Waals surface area (Å²) in [5, 5.41) is 11.6. The van der Waals surface area contributed by atoms with Gasteiger partial charge in [0.2, 0.25) is 11.8 Å². The topological polar surface area (TPSA) is 109 Å². The summed E-state index contributed by atoms with van der Waals surface area (Å²) in [5.74, 6) is -2.25. The van der Waals surface area contributed by atoms with Gasteiger partial charge in [-0.2, -0.15) is 0 Å². The number of carboxylic acid groups (broad SMARTS) is 1. The van der Waals surface area contributed by atoms with Crippen molar-refractivity contribution < 1.29 is 19.5 Å². The Kier molecular flexibility index (Phi) is 4.02. The van der Waals surface area contributed by atoms with E-state index in [0.29, 0.717) is 30.5 Å². The highest BCUT2D eigenvalue weighted by molar-refractivity contribution is 5.95. The standard InChI is InChI=1S/C14H16N2O4/c15-12(17)8-3-5-11(6-4-8)16-13(18)9-1-2-10(7-9)14(19)20/h3-6,9-10H,1-2,7H2,(H2,15,17)(H,16,18)(H,19,20)/t9-,10+/m1/s1. The van der Waals surface area contributed by atoms with E-state index in [1.807, 2.05) is 0 Å². The lowest BCUT2D eigenvalue weighted by Crippen LogP contribution is -2.21. The fourth-order valence-electron chi connectivity index (χ4n) is 2.41. The Morgan fingerprint density at radius 1 is 1.10 bits per heavy atom. The number of hydrogen-bond acceptors (Lipinski definition) is 3. The van der Waals surface area contributed by atoms with Gasteiger partial charge in [0.1, 0.15) is 0 Å². The van der Waals surface area contributed by atoms with E-state index in [1.165, 1.54) is 12.1 Å². The number of carbonyl (C=O) groups is 3. The van der Waals surface area contributed by atoms with Crippen LogP contribution in [0.5, 0.6) is 0 Å². The maximum Gasteiger partial charge on any atom is 0.306 e. The molecule has 0 heterocycles. The number of anilines is 1. The molecule has 6 nitrogen and oxygen atoms in total. The smallest absolute Gasteiger partial charge is 0.306 e. The van der Waals surface area contributed by atoms with Gasteiger partial charge in [-0.1, -0.05) is 0 Å². The lowest BCUT2D eigenvalue weighted by atomic mass is 10.0. The maximum atomic E-state index is 12.0. The van der Waals surface area contributed by atoms with Crippen LogP contribution in [0.25, 0.3) is 0 Å². The van der Waals surface area contributed by atoms with Crippen molar-refractivity contribution in [2.75, 3.05) is 5.32 Å². The van der Waals surface area contributed by atoms with E-state index in [4.69, 9.17) is 10.8 Å². The second-order valence-corrected chi connectivity index (χ2v) is 4.98. The Morgan fingerprint density at radius 3 is 2.20 bits per heavy atom. The molecule has 1 aliphatic rings. The Balaban J connectivity index is 1.95. The molecular weight excluding hydrogens is 260 g/mol. The number of nitrogens with one attached hydrogen (secondary N) is 1. The number of amides is 2. The number of primary amides is 1. The summed E-state index contributed by atoms with van der Waals surface area (Å²) in [6.07, 6.45) is 1.50. The van der Waals surface area contributed by atoms with Crippen LogP contribution in [0.1, 0.15) is 29.6 Å². The molecule has 2 atom stereocenters. The third-order valence-corrected chi connectivity index (χ3v) is 3.59. The minimum Gasteiger partial charge on any atom is -0.481 e. The van der Waals surface area contributed by atoms with Gasteiger partial charge in [-0.05, 0) is 43.5 Å². The summed E-state index contributed by atoms with van der Waals surface area (Å²) in [6.45, 7) is 0. The quantitative estimate of drug-likeness (QED) is 0.768. The van der Waals surface area contributed by atoms with Crippen LogP contribution >= 0.6 is 0 Å². The van der Waals surface area contributed by atoms with Crippen LogP contribution in [0.3, 0.4) is 0 Å². The zero-order chi connectivity index (χ0) is 14.7. The van der Waals surface area contributed by atoms with E-state index in [-0.39, 0.29) is 11.8 Å². The highest BCUT2D eigenvalue weighted by Crippen LogP contribution is 2.31. The summed E-state index contributed by atoms with van der Waals surface area (Å²) in [4.78, 5) is 33.8.